The van der Waals surface area contributed by atoms with Crippen molar-refractivity contribution in [3.05, 3.63) is 47.6 Å². The van der Waals surface area contributed by atoms with Gasteiger partial charge in [-0.2, -0.15) is 0 Å². The first-order chi connectivity index (χ1) is 11.2. The summed E-state index contributed by atoms with van der Waals surface area (Å²) in [5, 5.41) is 9.92. The summed E-state index contributed by atoms with van der Waals surface area (Å²) in [6.45, 7) is 2.23. The normalized spacial score (nSPS) is 27.7. The van der Waals surface area contributed by atoms with E-state index in [1.165, 1.54) is 44.9 Å². The third kappa shape index (κ3) is 2.96. The number of carbonyl (C=O) groups is 1. The average Bonchev–Trinajstić information content (AvgIpc) is 3.23. The van der Waals surface area contributed by atoms with Gasteiger partial charge in [0.05, 0.1) is 0 Å². The van der Waals surface area contributed by atoms with Crippen LogP contribution < -0.4 is 0 Å². The molecule has 0 aromatic carbocycles. The van der Waals surface area contributed by atoms with Gasteiger partial charge in [0, 0.05) is 0 Å². The van der Waals surface area contributed by atoms with Crippen molar-refractivity contribution in [2.75, 3.05) is 0 Å². The first-order valence-electron chi connectivity index (χ1n) is 9.19. The molecule has 2 heteroatoms. The Morgan fingerprint density at radius 1 is 1.26 bits per heavy atom. The number of unbranched alkanes of at least 4 members (excludes halogenated alkanes) is 3. The molecular formula is C21H28O2. The Labute approximate surface area is 139 Å². The first-order valence-corrected chi connectivity index (χ1v) is 9.19. The number of rotatable bonds is 8. The lowest BCUT2D eigenvalue weighted by Crippen LogP contribution is -2.33. The molecule has 2 bridgehead atoms. The maximum Gasteiger partial charge on any atom is 0.318 e. The molecule has 1 N–H and O–H groups in total. The average molecular weight is 312 g/mol. The number of carboxylic acid groups (broad SMARTS) is 1. The molecule has 2 nitrogen and oxygen atoms in total. The summed E-state index contributed by atoms with van der Waals surface area (Å²) in [4.78, 5) is 12.1. The van der Waals surface area contributed by atoms with Gasteiger partial charge in [0.25, 0.3) is 0 Å². The Kier molecular flexibility index (Phi) is 4.89. The molecule has 0 aromatic rings. The van der Waals surface area contributed by atoms with Gasteiger partial charge in [0.15, 0.2) is 0 Å². The van der Waals surface area contributed by atoms with E-state index < -0.39 is 11.4 Å². The van der Waals surface area contributed by atoms with Crippen LogP contribution in [0.15, 0.2) is 47.6 Å². The van der Waals surface area contributed by atoms with Crippen molar-refractivity contribution < 1.29 is 9.90 Å². The highest BCUT2D eigenvalue weighted by atomic mass is 16.4. The number of carboxylic acids is 1. The standard InChI is InChI=1S/C21H28O2/c1-2-3-4-5-6-8-16-9-7-10-17(16)15-21(20(22)23)18-11-12-19(21)14-13-18/h6,8,11-14,16-17H,2-5,7,9-10,15H2,1H3,(H,22,23)/t16-,17+/m0/s1. The van der Waals surface area contributed by atoms with Crippen LogP contribution in [0.5, 0.6) is 0 Å². The lowest BCUT2D eigenvalue weighted by molar-refractivity contribution is -0.145. The first kappa shape index (κ1) is 16.3. The highest BCUT2D eigenvalue weighted by molar-refractivity contribution is 5.89. The highest BCUT2D eigenvalue weighted by Gasteiger charge is 2.50. The molecular weight excluding hydrogens is 284 g/mol. The minimum absolute atomic E-state index is 0.498. The van der Waals surface area contributed by atoms with Gasteiger partial charge >= 0.3 is 5.97 Å². The minimum Gasteiger partial charge on any atom is -0.480 e. The van der Waals surface area contributed by atoms with Gasteiger partial charge in [0.2, 0.25) is 0 Å². The van der Waals surface area contributed by atoms with Crippen LogP contribution >= 0.6 is 0 Å². The van der Waals surface area contributed by atoms with Gasteiger partial charge in [-0.15, -0.1) is 0 Å². The molecule has 1 fully saturated rings. The monoisotopic (exact) mass is 312 g/mol. The summed E-state index contributed by atoms with van der Waals surface area (Å²) in [6.07, 6.45) is 22.1. The van der Waals surface area contributed by atoms with Crippen LogP contribution in [0.2, 0.25) is 0 Å². The number of aliphatic carboxylic acids is 1. The molecule has 23 heavy (non-hydrogen) atoms. The lowest BCUT2D eigenvalue weighted by Gasteiger charge is -2.30. The van der Waals surface area contributed by atoms with Gasteiger partial charge < -0.3 is 5.11 Å². The number of allylic oxidation sites excluding steroid dienone is 6. The van der Waals surface area contributed by atoms with Crippen molar-refractivity contribution in [1.82, 2.24) is 0 Å². The predicted octanol–water partition coefficient (Wildman–Crippen LogP) is 5.44. The van der Waals surface area contributed by atoms with E-state index in [1.807, 2.05) is 24.3 Å². The predicted molar refractivity (Wildman–Crippen MR) is 94.1 cm³/mol. The molecule has 3 aliphatic carbocycles. The molecule has 0 heterocycles. The number of fused-ring (bicyclic) bond motifs is 2. The van der Waals surface area contributed by atoms with E-state index in [-0.39, 0.29) is 0 Å². The van der Waals surface area contributed by atoms with Gasteiger partial charge in [0.1, 0.15) is 5.41 Å². The molecule has 1 saturated carbocycles. The summed E-state index contributed by atoms with van der Waals surface area (Å²) < 4.78 is 0. The third-order valence-corrected chi connectivity index (χ3v) is 5.88. The van der Waals surface area contributed by atoms with Crippen molar-refractivity contribution in [2.24, 2.45) is 17.3 Å². The molecule has 0 radical (unpaired) electrons. The Morgan fingerprint density at radius 3 is 2.61 bits per heavy atom. The van der Waals surface area contributed by atoms with Gasteiger partial charge in [-0.05, 0) is 55.1 Å². The van der Waals surface area contributed by atoms with Crippen molar-refractivity contribution in [3.8, 4) is 0 Å². The molecule has 0 aliphatic heterocycles. The minimum atomic E-state index is -0.747. The second kappa shape index (κ2) is 6.90. The van der Waals surface area contributed by atoms with Crippen LogP contribution in [0.3, 0.4) is 0 Å². The summed E-state index contributed by atoms with van der Waals surface area (Å²) >= 11 is 0. The van der Waals surface area contributed by atoms with Gasteiger partial charge in [-0.3, -0.25) is 4.79 Å². The molecule has 124 valence electrons. The molecule has 2 atom stereocenters. The van der Waals surface area contributed by atoms with E-state index in [9.17, 15) is 9.90 Å². The van der Waals surface area contributed by atoms with E-state index in [0.717, 1.165) is 17.6 Å². The van der Waals surface area contributed by atoms with Crippen LogP contribution in [-0.4, -0.2) is 11.1 Å². The zero-order valence-electron chi connectivity index (χ0n) is 14.1. The van der Waals surface area contributed by atoms with Crippen LogP contribution in [0.1, 0.15) is 58.3 Å². The lowest BCUT2D eigenvalue weighted by atomic mass is 9.71. The summed E-state index contributed by atoms with van der Waals surface area (Å²) in [6, 6.07) is 0. The fraction of sp³-hybridized carbons (Fsp3) is 0.571. The zero-order valence-corrected chi connectivity index (χ0v) is 14.1. The fourth-order valence-electron chi connectivity index (χ4n) is 4.52. The van der Waals surface area contributed by atoms with Crippen LogP contribution in [-0.2, 0) is 4.79 Å². The Hall–Kier alpha value is -1.57. The van der Waals surface area contributed by atoms with Crippen LogP contribution in [0.4, 0.5) is 0 Å². The number of hydrogen-bond acceptors (Lipinski definition) is 1. The van der Waals surface area contributed by atoms with E-state index in [1.54, 1.807) is 0 Å². The molecule has 3 aliphatic rings. The maximum atomic E-state index is 12.1. The van der Waals surface area contributed by atoms with E-state index in [4.69, 9.17) is 0 Å². The fourth-order valence-corrected chi connectivity index (χ4v) is 4.52. The van der Waals surface area contributed by atoms with Gasteiger partial charge in [-0.1, -0.05) is 62.6 Å². The molecule has 0 aromatic heterocycles. The second-order valence-electron chi connectivity index (χ2n) is 7.27. The summed E-state index contributed by atoms with van der Waals surface area (Å²) in [5.41, 5.74) is 1.22. The Balaban J connectivity index is 1.66. The van der Waals surface area contributed by atoms with Crippen molar-refractivity contribution in [2.45, 2.75) is 58.3 Å². The highest BCUT2D eigenvalue weighted by Crippen LogP contribution is 2.54. The quantitative estimate of drug-likeness (QED) is 0.479. The Bertz CT molecular complexity index is 555. The van der Waals surface area contributed by atoms with E-state index >= 15 is 0 Å². The topological polar surface area (TPSA) is 37.3 Å². The molecule has 3 rings (SSSR count). The van der Waals surface area contributed by atoms with Crippen LogP contribution in [0, 0.1) is 17.3 Å². The maximum absolute atomic E-state index is 12.1. The molecule has 0 spiro atoms. The molecule has 0 saturated heterocycles. The summed E-state index contributed by atoms with van der Waals surface area (Å²) in [7, 11) is 0. The third-order valence-electron chi connectivity index (χ3n) is 5.88. The van der Waals surface area contributed by atoms with Crippen molar-refractivity contribution >= 4 is 5.97 Å². The van der Waals surface area contributed by atoms with Crippen molar-refractivity contribution in [3.63, 3.8) is 0 Å². The summed E-state index contributed by atoms with van der Waals surface area (Å²) in [5.74, 6) is 0.391. The zero-order chi connectivity index (χ0) is 16.3. The number of hydrogen-bond donors (Lipinski definition) is 1. The van der Waals surface area contributed by atoms with Gasteiger partial charge in [-0.25, -0.2) is 0 Å². The second-order valence-corrected chi connectivity index (χ2v) is 7.27. The SMILES string of the molecule is CCCCCC=C[C@H]1CCC[C@@H]1CC1(C(=O)O)C2=CC=C1C=C2. The smallest absolute Gasteiger partial charge is 0.318 e. The van der Waals surface area contributed by atoms with Crippen LogP contribution in [0.25, 0.3) is 0 Å². The molecule has 0 unspecified atom stereocenters. The van der Waals surface area contributed by atoms with Crippen molar-refractivity contribution in [1.29, 1.82) is 0 Å². The molecule has 0 amide bonds. The van der Waals surface area contributed by atoms with E-state index in [2.05, 4.69) is 19.1 Å². The van der Waals surface area contributed by atoms with E-state index in [0.29, 0.717) is 11.8 Å². The largest absolute Gasteiger partial charge is 0.480 e. The Morgan fingerprint density at radius 2 is 2.00 bits per heavy atom.